The molecule has 4 heteroatoms. The van der Waals surface area contributed by atoms with Gasteiger partial charge in [-0.3, -0.25) is 0 Å². The first-order chi connectivity index (χ1) is 5.58. The average molecular weight is 180 g/mol. The zero-order valence-corrected chi connectivity index (χ0v) is 8.28. The van der Waals surface area contributed by atoms with Gasteiger partial charge in [-0.25, -0.2) is 0 Å². The smallest absolute Gasteiger partial charge is 0.0779 e. The number of hydrogen-bond donors (Lipinski definition) is 2. The normalized spacial score (nSPS) is 14.5. The molecule has 76 valence electrons. The maximum Gasteiger partial charge on any atom is 0.0779 e. The molecule has 0 radical (unpaired) electrons. The summed E-state index contributed by atoms with van der Waals surface area (Å²) in [6.45, 7) is 3.70. The van der Waals surface area contributed by atoms with Crippen LogP contribution in [0.3, 0.4) is 0 Å². The van der Waals surface area contributed by atoms with E-state index in [1.54, 1.807) is 28.1 Å². The lowest BCUT2D eigenvalue weighted by atomic mass is 10.4. The van der Waals surface area contributed by atoms with Crippen LogP contribution in [0.4, 0.5) is 0 Å². The van der Waals surface area contributed by atoms with Crippen molar-refractivity contribution in [3.8, 4) is 0 Å². The lowest BCUT2D eigenvalue weighted by Crippen LogP contribution is -2.19. The summed E-state index contributed by atoms with van der Waals surface area (Å²) < 4.78 is 9.20. The van der Waals surface area contributed by atoms with E-state index in [0.717, 1.165) is 0 Å². The predicted octanol–water partition coefficient (Wildman–Crippen LogP) is 0.0272. The summed E-state index contributed by atoms with van der Waals surface area (Å²) in [6, 6.07) is 0. The Morgan fingerprint density at radius 1 is 1.25 bits per heavy atom. The van der Waals surface area contributed by atoms with Gasteiger partial charge in [0.05, 0.1) is 25.4 Å². The van der Waals surface area contributed by atoms with Gasteiger partial charge in [0.2, 0.25) is 0 Å². The molecule has 4 nitrogen and oxygen atoms in total. The third-order valence-electron chi connectivity index (χ3n) is 0.879. The van der Waals surface area contributed by atoms with E-state index >= 15 is 0 Å². The Kier molecular flexibility index (Phi) is 13.0. The molecule has 0 bridgehead atoms. The highest BCUT2D eigenvalue weighted by Crippen LogP contribution is 1.90. The van der Waals surface area contributed by atoms with Crippen LogP contribution < -0.4 is 0 Å². The second kappa shape index (κ2) is 10.8. The molecule has 0 aromatic heterocycles. The third-order valence-corrected chi connectivity index (χ3v) is 0.879. The van der Waals surface area contributed by atoms with Crippen LogP contribution in [0.25, 0.3) is 0 Å². The minimum absolute atomic E-state index is 0.00667. The van der Waals surface area contributed by atoms with Crippen LogP contribution in [0.1, 0.15) is 13.8 Å². The minimum atomic E-state index is -0.445. The first-order valence-electron chi connectivity index (χ1n) is 3.89. The summed E-state index contributed by atoms with van der Waals surface area (Å²) in [5.41, 5.74) is 0. The molecular weight excluding hydrogens is 160 g/mol. The topological polar surface area (TPSA) is 58.9 Å². The Hall–Kier alpha value is -0.160. The number of hydrogen-bond acceptors (Lipinski definition) is 4. The molecule has 2 unspecified atom stereocenters. The fourth-order valence-corrected chi connectivity index (χ4v) is 0.356. The van der Waals surface area contributed by atoms with Crippen molar-refractivity contribution in [3.05, 3.63) is 0 Å². The Balaban J connectivity index is 0. The lowest BCUT2D eigenvalue weighted by molar-refractivity contribution is -0.0177. The van der Waals surface area contributed by atoms with Crippen molar-refractivity contribution in [2.24, 2.45) is 0 Å². The highest BCUT2D eigenvalue weighted by molar-refractivity contribution is 4.47. The van der Waals surface area contributed by atoms with Gasteiger partial charge in [0.1, 0.15) is 0 Å². The minimum Gasteiger partial charge on any atom is -0.394 e. The van der Waals surface area contributed by atoms with Crippen molar-refractivity contribution in [2.45, 2.75) is 26.1 Å². The van der Waals surface area contributed by atoms with Gasteiger partial charge in [-0.1, -0.05) is 0 Å². The SMILES string of the molecule is CC(O)COC(C)CO.COC. The quantitative estimate of drug-likeness (QED) is 0.640. The Morgan fingerprint density at radius 3 is 1.92 bits per heavy atom. The zero-order chi connectivity index (χ0) is 9.98. The zero-order valence-electron chi connectivity index (χ0n) is 8.28. The largest absolute Gasteiger partial charge is 0.394 e. The highest BCUT2D eigenvalue weighted by Gasteiger charge is 2.00. The van der Waals surface area contributed by atoms with E-state index < -0.39 is 6.10 Å². The Bertz CT molecular complexity index is 75.5. The van der Waals surface area contributed by atoms with Crippen LogP contribution in [0.5, 0.6) is 0 Å². The second-order valence-electron chi connectivity index (χ2n) is 2.58. The summed E-state index contributed by atoms with van der Waals surface area (Å²) in [5.74, 6) is 0. The molecule has 12 heavy (non-hydrogen) atoms. The average Bonchev–Trinajstić information content (AvgIpc) is 2.01. The van der Waals surface area contributed by atoms with Gasteiger partial charge in [0, 0.05) is 14.2 Å². The van der Waals surface area contributed by atoms with Crippen molar-refractivity contribution in [1.29, 1.82) is 0 Å². The van der Waals surface area contributed by atoms with Gasteiger partial charge in [-0.15, -0.1) is 0 Å². The van der Waals surface area contributed by atoms with Gasteiger partial charge in [-0.05, 0) is 13.8 Å². The molecule has 0 saturated carbocycles. The number of aliphatic hydroxyl groups is 2. The first-order valence-corrected chi connectivity index (χ1v) is 3.89. The Morgan fingerprint density at radius 2 is 1.67 bits per heavy atom. The van der Waals surface area contributed by atoms with E-state index in [0.29, 0.717) is 6.61 Å². The van der Waals surface area contributed by atoms with E-state index in [1.807, 2.05) is 0 Å². The molecule has 0 aromatic rings. The molecule has 0 aromatic carbocycles. The maximum absolute atomic E-state index is 8.69. The van der Waals surface area contributed by atoms with Gasteiger partial charge >= 0.3 is 0 Å². The van der Waals surface area contributed by atoms with Gasteiger partial charge in [0.25, 0.3) is 0 Å². The molecule has 2 N–H and O–H groups in total. The molecule has 0 aliphatic heterocycles. The number of methoxy groups -OCH3 is 1. The van der Waals surface area contributed by atoms with Crippen LogP contribution in [0, 0.1) is 0 Å². The van der Waals surface area contributed by atoms with Gasteiger partial charge in [0.15, 0.2) is 0 Å². The highest BCUT2D eigenvalue weighted by atomic mass is 16.5. The molecule has 0 rings (SSSR count). The van der Waals surface area contributed by atoms with Crippen LogP contribution in [-0.4, -0.2) is 49.9 Å². The predicted molar refractivity (Wildman–Crippen MR) is 47.1 cm³/mol. The summed E-state index contributed by atoms with van der Waals surface area (Å²) in [4.78, 5) is 0. The van der Waals surface area contributed by atoms with Crippen LogP contribution in [0.15, 0.2) is 0 Å². The molecular formula is C8H20O4. The van der Waals surface area contributed by atoms with Crippen LogP contribution in [-0.2, 0) is 9.47 Å². The molecule has 0 aliphatic carbocycles. The van der Waals surface area contributed by atoms with Crippen LogP contribution in [0.2, 0.25) is 0 Å². The maximum atomic E-state index is 8.69. The fourth-order valence-electron chi connectivity index (χ4n) is 0.356. The first kappa shape index (κ1) is 14.4. The third kappa shape index (κ3) is 16.4. The summed E-state index contributed by atoms with van der Waals surface area (Å²) >= 11 is 0. The van der Waals surface area contributed by atoms with Crippen molar-refractivity contribution >= 4 is 0 Å². The molecule has 0 heterocycles. The van der Waals surface area contributed by atoms with Crippen LogP contribution >= 0.6 is 0 Å². The van der Waals surface area contributed by atoms with Crippen molar-refractivity contribution in [3.63, 3.8) is 0 Å². The molecule has 0 amide bonds. The summed E-state index contributed by atoms with van der Waals surface area (Å²) in [7, 11) is 3.25. The van der Waals surface area contributed by atoms with Crippen molar-refractivity contribution in [1.82, 2.24) is 0 Å². The van der Waals surface area contributed by atoms with Crippen molar-refractivity contribution in [2.75, 3.05) is 27.4 Å². The van der Waals surface area contributed by atoms with E-state index in [4.69, 9.17) is 14.9 Å². The molecule has 0 spiro atoms. The summed E-state index contributed by atoms with van der Waals surface area (Å²) in [5, 5.41) is 17.1. The van der Waals surface area contributed by atoms with E-state index in [2.05, 4.69) is 4.74 Å². The molecule has 2 atom stereocenters. The second-order valence-corrected chi connectivity index (χ2v) is 2.58. The van der Waals surface area contributed by atoms with E-state index in [9.17, 15) is 0 Å². The number of rotatable bonds is 4. The fraction of sp³-hybridized carbons (Fsp3) is 1.00. The van der Waals surface area contributed by atoms with E-state index in [1.165, 1.54) is 0 Å². The monoisotopic (exact) mass is 180 g/mol. The van der Waals surface area contributed by atoms with Gasteiger partial charge < -0.3 is 19.7 Å². The molecule has 0 saturated heterocycles. The number of aliphatic hydroxyl groups excluding tert-OH is 2. The van der Waals surface area contributed by atoms with Gasteiger partial charge in [-0.2, -0.15) is 0 Å². The van der Waals surface area contributed by atoms with Crippen molar-refractivity contribution < 1.29 is 19.7 Å². The summed E-state index contributed by atoms with van der Waals surface area (Å²) in [6.07, 6.45) is -0.612. The standard InChI is InChI=1S/C6H14O3.C2H6O/c1-5(8)4-9-6(2)3-7;1-3-2/h5-8H,3-4H2,1-2H3;1-2H3. The molecule has 0 fully saturated rings. The molecule has 0 aliphatic rings. The lowest BCUT2D eigenvalue weighted by Gasteiger charge is -2.10. The van der Waals surface area contributed by atoms with E-state index in [-0.39, 0.29) is 12.7 Å². The number of ether oxygens (including phenoxy) is 2. The Labute approximate surface area is 74.1 Å².